The monoisotopic (exact) mass is 238 g/mol. The van der Waals surface area contributed by atoms with E-state index in [-0.39, 0.29) is 17.0 Å². The fourth-order valence-corrected chi connectivity index (χ4v) is 2.32. The second-order valence-corrected chi connectivity index (χ2v) is 4.46. The van der Waals surface area contributed by atoms with Crippen LogP contribution in [0.1, 0.15) is 13.3 Å². The van der Waals surface area contributed by atoms with E-state index < -0.39 is 5.82 Å². The number of anilines is 1. The molecule has 1 aromatic rings. The van der Waals surface area contributed by atoms with Crippen LogP contribution in [0.2, 0.25) is 5.02 Å². The molecule has 2 rings (SSSR count). The van der Waals surface area contributed by atoms with Gasteiger partial charge in [-0.1, -0.05) is 11.6 Å². The van der Waals surface area contributed by atoms with Gasteiger partial charge in [0.2, 0.25) is 0 Å². The number of nitriles is 1. The Morgan fingerprint density at radius 3 is 2.88 bits per heavy atom. The number of nitrogens with zero attached hydrogens (tertiary/aromatic N) is 2. The van der Waals surface area contributed by atoms with E-state index in [1.165, 1.54) is 6.07 Å². The number of halogens is 2. The molecule has 2 unspecified atom stereocenters. The maximum absolute atomic E-state index is 13.0. The molecule has 2 nitrogen and oxygen atoms in total. The zero-order chi connectivity index (χ0) is 11.7. The summed E-state index contributed by atoms with van der Waals surface area (Å²) >= 11 is 5.74. The average molecular weight is 239 g/mol. The van der Waals surface area contributed by atoms with Crippen molar-refractivity contribution in [3.05, 3.63) is 29.0 Å². The minimum atomic E-state index is -0.408. The molecule has 0 aliphatic carbocycles. The molecule has 1 aromatic carbocycles. The van der Waals surface area contributed by atoms with E-state index in [1.54, 1.807) is 12.1 Å². The van der Waals surface area contributed by atoms with Crippen LogP contribution in [-0.2, 0) is 0 Å². The van der Waals surface area contributed by atoms with Gasteiger partial charge in [-0.3, -0.25) is 0 Å². The summed E-state index contributed by atoms with van der Waals surface area (Å²) in [5.41, 5.74) is 0.886. The van der Waals surface area contributed by atoms with Crippen LogP contribution in [0.4, 0.5) is 10.1 Å². The molecule has 16 heavy (non-hydrogen) atoms. The van der Waals surface area contributed by atoms with Gasteiger partial charge in [-0.25, -0.2) is 4.39 Å². The maximum Gasteiger partial charge on any atom is 0.141 e. The molecule has 0 radical (unpaired) electrons. The first kappa shape index (κ1) is 11.2. The molecule has 2 atom stereocenters. The highest BCUT2D eigenvalue weighted by molar-refractivity contribution is 6.31. The molecule has 84 valence electrons. The number of hydrogen-bond donors (Lipinski definition) is 0. The molecule has 0 saturated carbocycles. The summed E-state index contributed by atoms with van der Waals surface area (Å²) in [5, 5.41) is 9.07. The van der Waals surface area contributed by atoms with Crippen molar-refractivity contribution in [1.29, 1.82) is 5.26 Å². The largest absolute Gasteiger partial charge is 0.367 e. The first-order chi connectivity index (χ1) is 7.63. The van der Waals surface area contributed by atoms with Gasteiger partial charge in [0.15, 0.2) is 0 Å². The summed E-state index contributed by atoms with van der Waals surface area (Å²) < 4.78 is 13.0. The standard InChI is InChI=1S/C12H12ClFN2/c1-8-9(7-15)4-5-16(8)10-2-3-12(14)11(13)6-10/h2-3,6,8-9H,4-5H2,1H3. The molecule has 1 fully saturated rings. The molecule has 1 heterocycles. The fraction of sp³-hybridized carbons (Fsp3) is 0.417. The zero-order valence-corrected chi connectivity index (χ0v) is 9.71. The first-order valence-corrected chi connectivity index (χ1v) is 5.62. The van der Waals surface area contributed by atoms with Crippen molar-refractivity contribution < 1.29 is 4.39 Å². The second-order valence-electron chi connectivity index (χ2n) is 4.06. The van der Waals surface area contributed by atoms with Crippen molar-refractivity contribution in [2.45, 2.75) is 19.4 Å². The molecule has 0 bridgehead atoms. The number of hydrogen-bond acceptors (Lipinski definition) is 2. The van der Waals surface area contributed by atoms with Crippen molar-refractivity contribution in [1.82, 2.24) is 0 Å². The highest BCUT2D eigenvalue weighted by Crippen LogP contribution is 2.31. The van der Waals surface area contributed by atoms with Crippen molar-refractivity contribution in [2.24, 2.45) is 5.92 Å². The van der Waals surface area contributed by atoms with E-state index in [1.807, 2.05) is 6.92 Å². The van der Waals surface area contributed by atoms with Crippen LogP contribution in [0.3, 0.4) is 0 Å². The Morgan fingerprint density at radius 2 is 2.31 bits per heavy atom. The van der Waals surface area contributed by atoms with Crippen LogP contribution < -0.4 is 4.90 Å². The summed E-state index contributed by atoms with van der Waals surface area (Å²) in [6, 6.07) is 7.14. The average Bonchev–Trinajstić information content (AvgIpc) is 2.64. The first-order valence-electron chi connectivity index (χ1n) is 5.25. The topological polar surface area (TPSA) is 27.0 Å². The quantitative estimate of drug-likeness (QED) is 0.751. The van der Waals surface area contributed by atoms with E-state index >= 15 is 0 Å². The normalized spacial score (nSPS) is 24.5. The maximum atomic E-state index is 13.0. The lowest BCUT2D eigenvalue weighted by molar-refractivity contribution is 0.612. The van der Waals surface area contributed by atoms with Gasteiger partial charge in [0.05, 0.1) is 17.0 Å². The van der Waals surface area contributed by atoms with E-state index in [9.17, 15) is 4.39 Å². The van der Waals surface area contributed by atoms with Crippen molar-refractivity contribution in [3.8, 4) is 6.07 Å². The van der Waals surface area contributed by atoms with Gasteiger partial charge < -0.3 is 4.90 Å². The summed E-state index contributed by atoms with van der Waals surface area (Å²) in [6.07, 6.45) is 0.854. The highest BCUT2D eigenvalue weighted by Gasteiger charge is 2.30. The van der Waals surface area contributed by atoms with E-state index in [0.717, 1.165) is 18.7 Å². The number of benzene rings is 1. The lowest BCUT2D eigenvalue weighted by Crippen LogP contribution is -2.29. The molecule has 1 aliphatic rings. The fourth-order valence-electron chi connectivity index (χ4n) is 2.14. The third-order valence-electron chi connectivity index (χ3n) is 3.16. The lowest BCUT2D eigenvalue weighted by Gasteiger charge is -2.24. The van der Waals surface area contributed by atoms with Gasteiger partial charge >= 0.3 is 0 Å². The van der Waals surface area contributed by atoms with Crippen LogP contribution in [-0.4, -0.2) is 12.6 Å². The third kappa shape index (κ3) is 1.85. The summed E-state index contributed by atoms with van der Waals surface area (Å²) in [5.74, 6) is -0.363. The van der Waals surface area contributed by atoms with Gasteiger partial charge in [-0.2, -0.15) is 5.26 Å². The minimum Gasteiger partial charge on any atom is -0.367 e. The number of rotatable bonds is 1. The van der Waals surface area contributed by atoms with Crippen molar-refractivity contribution >= 4 is 17.3 Å². The van der Waals surface area contributed by atoms with Gasteiger partial charge in [-0.05, 0) is 31.5 Å². The Kier molecular flexibility index (Phi) is 3.02. The minimum absolute atomic E-state index is 0.0452. The molecule has 0 spiro atoms. The van der Waals surface area contributed by atoms with Gasteiger partial charge in [-0.15, -0.1) is 0 Å². The molecule has 0 amide bonds. The van der Waals surface area contributed by atoms with Crippen molar-refractivity contribution in [2.75, 3.05) is 11.4 Å². The Morgan fingerprint density at radius 1 is 1.56 bits per heavy atom. The summed E-state index contributed by atoms with van der Waals surface area (Å²) in [7, 11) is 0. The molecule has 4 heteroatoms. The molecule has 1 aliphatic heterocycles. The molecule has 1 saturated heterocycles. The highest BCUT2D eigenvalue weighted by atomic mass is 35.5. The van der Waals surface area contributed by atoms with Crippen LogP contribution in [0.5, 0.6) is 0 Å². The Bertz CT molecular complexity index is 441. The van der Waals surface area contributed by atoms with Crippen LogP contribution in [0, 0.1) is 23.1 Å². The SMILES string of the molecule is CC1C(C#N)CCN1c1ccc(F)c(Cl)c1. The van der Waals surface area contributed by atoms with Gasteiger partial charge in [0, 0.05) is 18.3 Å². The molecule has 0 aromatic heterocycles. The summed E-state index contributed by atoms with van der Waals surface area (Å²) in [6.45, 7) is 2.83. The predicted octanol–water partition coefficient (Wildman–Crippen LogP) is 3.22. The Balaban J connectivity index is 2.26. The molecular formula is C12H12ClFN2. The van der Waals surface area contributed by atoms with Crippen molar-refractivity contribution in [3.63, 3.8) is 0 Å². The Labute approximate surface area is 99.2 Å². The van der Waals surface area contributed by atoms with Crippen LogP contribution >= 0.6 is 11.6 Å². The van der Waals surface area contributed by atoms with Crippen LogP contribution in [0.25, 0.3) is 0 Å². The van der Waals surface area contributed by atoms with E-state index in [0.29, 0.717) is 0 Å². The molecule has 0 N–H and O–H groups in total. The zero-order valence-electron chi connectivity index (χ0n) is 8.95. The van der Waals surface area contributed by atoms with Gasteiger partial charge in [0.25, 0.3) is 0 Å². The second kappa shape index (κ2) is 4.31. The predicted molar refractivity (Wildman–Crippen MR) is 61.9 cm³/mol. The summed E-state index contributed by atoms with van der Waals surface area (Å²) in [4.78, 5) is 2.10. The van der Waals surface area contributed by atoms with Gasteiger partial charge in [0.1, 0.15) is 5.82 Å². The molecular weight excluding hydrogens is 227 g/mol. The Hall–Kier alpha value is -1.27. The third-order valence-corrected chi connectivity index (χ3v) is 3.45. The van der Waals surface area contributed by atoms with E-state index in [4.69, 9.17) is 16.9 Å². The van der Waals surface area contributed by atoms with E-state index in [2.05, 4.69) is 11.0 Å². The smallest absolute Gasteiger partial charge is 0.141 e. The lowest BCUT2D eigenvalue weighted by atomic mass is 10.0. The van der Waals surface area contributed by atoms with Crippen LogP contribution in [0.15, 0.2) is 18.2 Å².